The van der Waals surface area contributed by atoms with Crippen LogP contribution in [0.4, 0.5) is 5.69 Å². The van der Waals surface area contributed by atoms with Crippen molar-refractivity contribution in [3.05, 3.63) is 102 Å². The second kappa shape index (κ2) is 8.86. The van der Waals surface area contributed by atoms with Gasteiger partial charge in [-0.1, -0.05) is 92.2 Å². The Kier molecular flexibility index (Phi) is 6.01. The van der Waals surface area contributed by atoms with Gasteiger partial charge in [-0.2, -0.15) is 0 Å². The van der Waals surface area contributed by atoms with Gasteiger partial charge in [0.2, 0.25) is 0 Å². The summed E-state index contributed by atoms with van der Waals surface area (Å²) in [6.45, 7) is 2.52. The van der Waals surface area contributed by atoms with E-state index in [0.717, 1.165) is 28.9 Å². The minimum absolute atomic E-state index is 0.0253. The molecule has 0 bridgehead atoms. The minimum atomic E-state index is -1.05. The quantitative estimate of drug-likeness (QED) is 0.597. The second-order valence-electron chi connectivity index (χ2n) is 8.18. The molecule has 0 amide bonds. The number of likely N-dealkylation sites (N-methyl/N-ethyl adjacent to an activating group) is 1. The number of fused-ring (bicyclic) bond motifs is 1. The van der Waals surface area contributed by atoms with Crippen molar-refractivity contribution in [1.29, 1.82) is 0 Å². The first kappa shape index (κ1) is 21.0. The average Bonchev–Trinajstić information content (AvgIpc) is 2.97. The summed E-state index contributed by atoms with van der Waals surface area (Å²) in [7, 11) is 2.03. The van der Waals surface area contributed by atoms with Gasteiger partial charge in [-0.15, -0.1) is 0 Å². The molecule has 0 aliphatic carbocycles. The van der Waals surface area contributed by atoms with Gasteiger partial charge in [-0.25, -0.2) is 0 Å². The Balaban J connectivity index is 1.83. The molecule has 4 nitrogen and oxygen atoms in total. The summed E-state index contributed by atoms with van der Waals surface area (Å²) in [6.07, 6.45) is 1.41. The van der Waals surface area contributed by atoms with Crippen LogP contribution in [0.15, 0.2) is 89.9 Å². The van der Waals surface area contributed by atoms with Gasteiger partial charge in [-0.05, 0) is 12.5 Å². The summed E-state index contributed by atoms with van der Waals surface area (Å²) in [4.78, 5) is 20.9. The Hall–Kier alpha value is -3.24. The molecule has 0 spiro atoms. The zero-order chi connectivity index (χ0) is 21.8. The van der Waals surface area contributed by atoms with Crippen LogP contribution in [0.5, 0.6) is 0 Å². The summed E-state index contributed by atoms with van der Waals surface area (Å²) >= 11 is 0. The van der Waals surface area contributed by atoms with Crippen molar-refractivity contribution in [1.82, 2.24) is 0 Å². The largest absolute Gasteiger partial charge is 0.367 e. The molecule has 1 aliphatic heterocycles. The lowest BCUT2D eigenvalue weighted by atomic mass is 9.79. The monoisotopic (exact) mass is 411 g/mol. The number of hydrogen-bond acceptors (Lipinski definition) is 4. The van der Waals surface area contributed by atoms with E-state index < -0.39 is 5.54 Å². The Labute approximate surface area is 184 Å². The number of ketones is 1. The van der Waals surface area contributed by atoms with E-state index in [4.69, 9.17) is 10.7 Å². The van der Waals surface area contributed by atoms with Crippen LogP contribution >= 0.6 is 0 Å². The number of aliphatic imine (C=N–C) groups is 1. The number of carbonyl (C=O) groups is 1. The number of Topliss-reactive ketones (excluding diaryl/α,β-unsaturated/α-hetero) is 1. The van der Waals surface area contributed by atoms with E-state index in [1.54, 1.807) is 0 Å². The van der Waals surface area contributed by atoms with E-state index in [1.165, 1.54) is 0 Å². The van der Waals surface area contributed by atoms with Crippen LogP contribution in [0.2, 0.25) is 0 Å². The standard InChI is InChI=1S/C27H29N3O/c1-3-18-27(28,26(31)21-14-8-5-9-15-21)24-19-29-25(20-12-6-4-7-13-20)22-16-10-11-17-23(22)30(24)2/h4-17,24H,3,18-19,28H2,1-2H3. The SMILES string of the molecule is CCCC(N)(C(=O)c1ccccc1)C1CN=C(c2ccccc2)c2ccccc2N1C. The van der Waals surface area contributed by atoms with Gasteiger partial charge in [0, 0.05) is 29.4 Å². The lowest BCUT2D eigenvalue weighted by molar-refractivity contribution is 0.0852. The number of carbonyl (C=O) groups excluding carboxylic acids is 1. The van der Waals surface area contributed by atoms with Crippen LogP contribution < -0.4 is 10.6 Å². The summed E-state index contributed by atoms with van der Waals surface area (Å²) in [6, 6.07) is 27.6. The molecule has 0 radical (unpaired) electrons. The van der Waals surface area contributed by atoms with Crippen molar-refractivity contribution < 1.29 is 4.79 Å². The maximum atomic E-state index is 13.7. The highest BCUT2D eigenvalue weighted by Gasteiger charge is 2.45. The third-order valence-electron chi connectivity index (χ3n) is 6.19. The van der Waals surface area contributed by atoms with Gasteiger partial charge in [-0.3, -0.25) is 9.79 Å². The van der Waals surface area contributed by atoms with Crippen LogP contribution in [-0.2, 0) is 0 Å². The normalized spacial score (nSPS) is 17.8. The van der Waals surface area contributed by atoms with Crippen molar-refractivity contribution >= 4 is 17.2 Å². The Morgan fingerprint density at radius 3 is 2.29 bits per heavy atom. The van der Waals surface area contributed by atoms with Crippen molar-refractivity contribution in [2.45, 2.75) is 31.3 Å². The molecule has 158 valence electrons. The molecule has 1 aliphatic rings. The van der Waals surface area contributed by atoms with Crippen molar-refractivity contribution in [3.63, 3.8) is 0 Å². The number of hydrogen-bond donors (Lipinski definition) is 1. The number of nitrogens with zero attached hydrogens (tertiary/aromatic N) is 2. The minimum Gasteiger partial charge on any atom is -0.367 e. The first-order valence-electron chi connectivity index (χ1n) is 10.9. The highest BCUT2D eigenvalue weighted by Crippen LogP contribution is 2.33. The third kappa shape index (κ3) is 3.91. The number of rotatable bonds is 6. The number of benzodiazepines with no additional fused rings is 1. The fourth-order valence-electron chi connectivity index (χ4n) is 4.59. The summed E-state index contributed by atoms with van der Waals surface area (Å²) in [5.74, 6) is -0.0253. The molecule has 4 rings (SSSR count). The van der Waals surface area contributed by atoms with E-state index in [9.17, 15) is 4.79 Å². The van der Waals surface area contributed by atoms with Gasteiger partial charge in [0.25, 0.3) is 0 Å². The Morgan fingerprint density at radius 1 is 1.00 bits per heavy atom. The highest BCUT2D eigenvalue weighted by molar-refractivity contribution is 6.16. The molecular formula is C27H29N3O. The number of benzene rings is 3. The van der Waals surface area contributed by atoms with Crippen molar-refractivity contribution in [2.75, 3.05) is 18.5 Å². The zero-order valence-electron chi connectivity index (χ0n) is 18.2. The number of nitrogens with two attached hydrogens (primary N) is 1. The van der Waals surface area contributed by atoms with E-state index in [-0.39, 0.29) is 11.8 Å². The van der Waals surface area contributed by atoms with Crippen molar-refractivity contribution in [3.8, 4) is 0 Å². The summed E-state index contributed by atoms with van der Waals surface area (Å²) < 4.78 is 0. The van der Waals surface area contributed by atoms with Crippen LogP contribution in [0.25, 0.3) is 0 Å². The topological polar surface area (TPSA) is 58.7 Å². The fourth-order valence-corrected chi connectivity index (χ4v) is 4.59. The molecule has 2 N–H and O–H groups in total. The molecule has 0 saturated heterocycles. The molecule has 0 saturated carbocycles. The molecule has 0 fully saturated rings. The lowest BCUT2D eigenvalue weighted by Crippen LogP contribution is -2.64. The molecule has 2 unspecified atom stereocenters. The summed E-state index contributed by atoms with van der Waals surface area (Å²) in [5.41, 5.74) is 10.7. The van der Waals surface area contributed by atoms with Gasteiger partial charge < -0.3 is 10.6 Å². The Bertz CT molecular complexity index is 1080. The van der Waals surface area contributed by atoms with Gasteiger partial charge in [0.1, 0.15) is 5.54 Å². The molecule has 2 atom stereocenters. The first-order chi connectivity index (χ1) is 15.1. The number of para-hydroxylation sites is 1. The van der Waals surface area contributed by atoms with Gasteiger partial charge >= 0.3 is 0 Å². The van der Waals surface area contributed by atoms with Gasteiger partial charge in [0.05, 0.1) is 18.3 Å². The smallest absolute Gasteiger partial charge is 0.184 e. The second-order valence-corrected chi connectivity index (χ2v) is 8.18. The number of anilines is 1. The summed E-state index contributed by atoms with van der Waals surface area (Å²) in [5, 5.41) is 0. The van der Waals surface area contributed by atoms with E-state index in [2.05, 4.69) is 36.1 Å². The van der Waals surface area contributed by atoms with Crippen molar-refractivity contribution in [2.24, 2.45) is 10.7 Å². The first-order valence-corrected chi connectivity index (χ1v) is 10.9. The average molecular weight is 412 g/mol. The maximum absolute atomic E-state index is 13.7. The molecule has 4 heteroatoms. The molecule has 0 aromatic heterocycles. The zero-order valence-corrected chi connectivity index (χ0v) is 18.2. The van der Waals surface area contributed by atoms with E-state index in [1.807, 2.05) is 67.7 Å². The van der Waals surface area contributed by atoms with E-state index >= 15 is 0 Å². The lowest BCUT2D eigenvalue weighted by Gasteiger charge is -2.41. The van der Waals surface area contributed by atoms with Crippen LogP contribution in [0.3, 0.4) is 0 Å². The molecule has 3 aromatic carbocycles. The fraction of sp³-hybridized carbons (Fsp3) is 0.259. The van der Waals surface area contributed by atoms with E-state index in [0.29, 0.717) is 18.5 Å². The Morgan fingerprint density at radius 2 is 1.61 bits per heavy atom. The highest BCUT2D eigenvalue weighted by atomic mass is 16.1. The van der Waals surface area contributed by atoms with Crippen LogP contribution in [0, 0.1) is 0 Å². The van der Waals surface area contributed by atoms with Gasteiger partial charge in [0.15, 0.2) is 5.78 Å². The molecular weight excluding hydrogens is 382 g/mol. The van der Waals surface area contributed by atoms with Crippen LogP contribution in [0.1, 0.15) is 41.3 Å². The third-order valence-corrected chi connectivity index (χ3v) is 6.19. The molecule has 31 heavy (non-hydrogen) atoms. The van der Waals surface area contributed by atoms with Crippen LogP contribution in [-0.4, -0.2) is 36.7 Å². The molecule has 3 aromatic rings. The molecule has 1 heterocycles. The maximum Gasteiger partial charge on any atom is 0.184 e. The predicted molar refractivity (Wildman–Crippen MR) is 128 cm³/mol. The predicted octanol–water partition coefficient (Wildman–Crippen LogP) is 4.72.